The van der Waals surface area contributed by atoms with Crippen LogP contribution in [0.2, 0.25) is 0 Å². The number of aromatic carboxylic acids is 1. The molecule has 1 amide bonds. The third-order valence-corrected chi connectivity index (χ3v) is 4.46. The number of anilines is 1. The van der Waals surface area contributed by atoms with Crippen molar-refractivity contribution in [3.63, 3.8) is 0 Å². The molecule has 32 heavy (non-hydrogen) atoms. The third kappa shape index (κ3) is 5.54. The van der Waals surface area contributed by atoms with Gasteiger partial charge >= 0.3 is 12.3 Å². The molecule has 0 aliphatic rings. The van der Waals surface area contributed by atoms with Crippen molar-refractivity contribution in [2.45, 2.75) is 6.36 Å². The fourth-order valence-electron chi connectivity index (χ4n) is 2.39. The zero-order chi connectivity index (χ0) is 23.5. The van der Waals surface area contributed by atoms with Gasteiger partial charge in [-0.25, -0.2) is 9.78 Å². The van der Waals surface area contributed by atoms with Gasteiger partial charge in [-0.05, 0) is 24.3 Å². The lowest BCUT2D eigenvalue weighted by Gasteiger charge is -2.10. The highest BCUT2D eigenvalue weighted by Gasteiger charge is 2.31. The predicted octanol–water partition coefficient (Wildman–Crippen LogP) is 2.82. The minimum Gasteiger partial charge on any atom is -0.501 e. The van der Waals surface area contributed by atoms with Gasteiger partial charge in [0.15, 0.2) is 12.3 Å². The molecule has 1 aromatic carbocycles. The lowest BCUT2D eigenvalue weighted by atomic mass is 10.2. The number of hydrogen-bond donors (Lipinski definition) is 4. The van der Waals surface area contributed by atoms with Crippen molar-refractivity contribution in [3.05, 3.63) is 51.1 Å². The molecule has 0 bridgehead atoms. The van der Waals surface area contributed by atoms with Crippen molar-refractivity contribution in [2.24, 2.45) is 0 Å². The third-order valence-electron chi connectivity index (χ3n) is 3.72. The number of alkyl halides is 3. The Morgan fingerprint density at radius 2 is 1.81 bits per heavy atom. The van der Waals surface area contributed by atoms with Crippen LogP contribution in [0.3, 0.4) is 0 Å². The van der Waals surface area contributed by atoms with Crippen LogP contribution in [0.4, 0.5) is 18.9 Å². The minimum atomic E-state index is -4.83. The van der Waals surface area contributed by atoms with E-state index in [1.807, 2.05) is 0 Å². The Labute approximate surface area is 179 Å². The van der Waals surface area contributed by atoms with E-state index in [0.29, 0.717) is 0 Å². The largest absolute Gasteiger partial charge is 0.573 e. The molecule has 0 saturated carbocycles. The predicted molar refractivity (Wildman–Crippen MR) is 104 cm³/mol. The van der Waals surface area contributed by atoms with E-state index < -0.39 is 47.6 Å². The van der Waals surface area contributed by atoms with Gasteiger partial charge in [0.05, 0.1) is 11.3 Å². The molecule has 14 heteroatoms. The van der Waals surface area contributed by atoms with Gasteiger partial charge in [0.25, 0.3) is 11.5 Å². The Bertz CT molecular complexity index is 1210. The maximum atomic E-state index is 12.2. The van der Waals surface area contributed by atoms with Crippen molar-refractivity contribution in [1.82, 2.24) is 9.97 Å². The highest BCUT2D eigenvalue weighted by atomic mass is 32.1. The first-order valence-electron chi connectivity index (χ1n) is 8.45. The highest BCUT2D eigenvalue weighted by molar-refractivity contribution is 7.08. The monoisotopic (exact) mass is 471 g/mol. The number of aromatic hydroxyl groups is 1. The molecule has 168 valence electrons. The fraction of sp³-hybridized carbons (Fsp3) is 0.111. The zero-order valence-electron chi connectivity index (χ0n) is 15.6. The number of carboxylic acids is 1. The fourth-order valence-corrected chi connectivity index (χ4v) is 3.16. The van der Waals surface area contributed by atoms with E-state index in [1.165, 1.54) is 22.9 Å². The van der Waals surface area contributed by atoms with Crippen molar-refractivity contribution < 1.29 is 42.4 Å². The number of carbonyl (C=O) groups is 2. The number of nitrogens with zero attached hydrogens (tertiary/aromatic N) is 1. The molecule has 2 aromatic heterocycles. The second-order valence-electron chi connectivity index (χ2n) is 5.97. The minimum absolute atomic E-state index is 0.107. The number of halogens is 3. The Hall–Kier alpha value is -4.07. The first-order chi connectivity index (χ1) is 15.0. The number of benzene rings is 1. The normalized spacial score (nSPS) is 11.1. The lowest BCUT2D eigenvalue weighted by molar-refractivity contribution is -0.274. The molecule has 3 aromatic rings. The van der Waals surface area contributed by atoms with Crippen LogP contribution >= 0.6 is 11.3 Å². The molecule has 2 heterocycles. The zero-order valence-corrected chi connectivity index (χ0v) is 16.4. The number of carbonyl (C=O) groups excluding carboxylic acids is 1. The number of carboxylic acid groups (broad SMARTS) is 1. The summed E-state index contributed by atoms with van der Waals surface area (Å²) in [5.74, 6) is -3.86. The van der Waals surface area contributed by atoms with Crippen molar-refractivity contribution in [3.8, 4) is 28.6 Å². The molecule has 0 atom stereocenters. The van der Waals surface area contributed by atoms with Gasteiger partial charge in [-0.2, -0.15) is 0 Å². The molecular weight excluding hydrogens is 459 g/mol. The topological polar surface area (TPSA) is 151 Å². The molecule has 0 spiro atoms. The van der Waals surface area contributed by atoms with Crippen LogP contribution in [-0.4, -0.2) is 45.0 Å². The summed E-state index contributed by atoms with van der Waals surface area (Å²) in [6, 6.07) is 4.40. The second kappa shape index (κ2) is 8.97. The van der Waals surface area contributed by atoms with E-state index in [1.54, 1.807) is 0 Å². The van der Waals surface area contributed by atoms with Crippen LogP contribution in [0.1, 0.15) is 10.5 Å². The van der Waals surface area contributed by atoms with Gasteiger partial charge in [-0.1, -0.05) is 0 Å². The highest BCUT2D eigenvalue weighted by Crippen LogP contribution is 2.30. The van der Waals surface area contributed by atoms with Crippen LogP contribution in [0.25, 0.3) is 11.4 Å². The van der Waals surface area contributed by atoms with E-state index in [-0.39, 0.29) is 22.8 Å². The SMILES string of the molecule is O=C(COc1ccc(OC(F)(F)F)cc1)Nc1cscc1-c1nc(C(=O)O)c(O)c(=O)[nH]1. The summed E-state index contributed by atoms with van der Waals surface area (Å²) in [4.78, 5) is 41.0. The number of amides is 1. The van der Waals surface area contributed by atoms with Gasteiger partial charge in [0, 0.05) is 10.8 Å². The van der Waals surface area contributed by atoms with Gasteiger partial charge in [0.2, 0.25) is 5.75 Å². The van der Waals surface area contributed by atoms with Crippen molar-refractivity contribution >= 4 is 28.9 Å². The molecule has 0 aliphatic carbocycles. The van der Waals surface area contributed by atoms with Gasteiger partial charge in [-0.3, -0.25) is 9.59 Å². The molecule has 0 saturated heterocycles. The molecule has 0 radical (unpaired) electrons. The first kappa shape index (κ1) is 22.6. The number of thiophene rings is 1. The Morgan fingerprint density at radius 1 is 1.16 bits per heavy atom. The number of rotatable bonds is 7. The Morgan fingerprint density at radius 3 is 2.44 bits per heavy atom. The van der Waals surface area contributed by atoms with Gasteiger partial charge in [-0.15, -0.1) is 24.5 Å². The summed E-state index contributed by atoms with van der Waals surface area (Å²) in [5, 5.41) is 24.0. The summed E-state index contributed by atoms with van der Waals surface area (Å²) in [6.45, 7) is -0.505. The van der Waals surface area contributed by atoms with Gasteiger partial charge in [0.1, 0.15) is 17.3 Å². The van der Waals surface area contributed by atoms with Crippen LogP contribution in [0.15, 0.2) is 39.8 Å². The first-order valence-corrected chi connectivity index (χ1v) is 9.39. The Kier molecular flexibility index (Phi) is 6.34. The number of aromatic nitrogens is 2. The van der Waals surface area contributed by atoms with Crippen LogP contribution in [-0.2, 0) is 4.79 Å². The van der Waals surface area contributed by atoms with E-state index in [4.69, 9.17) is 9.84 Å². The smallest absolute Gasteiger partial charge is 0.501 e. The summed E-state index contributed by atoms with van der Waals surface area (Å²) >= 11 is 1.11. The number of H-pyrrole nitrogens is 1. The van der Waals surface area contributed by atoms with Crippen molar-refractivity contribution in [1.29, 1.82) is 0 Å². The standard InChI is InChI=1S/C18H12F3N3O7S/c19-18(20,21)31-9-3-1-8(2-4-9)30-5-12(25)22-11-7-32-6-10(11)15-23-13(17(28)29)14(26)16(27)24-15/h1-4,6-7,26H,5H2,(H,22,25)(H,28,29)(H,23,24,27). The van der Waals surface area contributed by atoms with E-state index in [9.17, 15) is 32.7 Å². The maximum absolute atomic E-state index is 12.2. The molecule has 3 rings (SSSR count). The number of aromatic amines is 1. The average molecular weight is 471 g/mol. The quantitative estimate of drug-likeness (QED) is 0.411. The summed E-state index contributed by atoms with van der Waals surface area (Å²) < 4.78 is 45.4. The number of nitrogens with one attached hydrogen (secondary N) is 2. The van der Waals surface area contributed by atoms with Crippen LogP contribution in [0, 0.1) is 0 Å². The summed E-state index contributed by atoms with van der Waals surface area (Å²) in [7, 11) is 0. The molecular formula is C18H12F3N3O7S. The van der Waals surface area contributed by atoms with E-state index in [0.717, 1.165) is 23.5 Å². The number of hydrogen-bond acceptors (Lipinski definition) is 8. The van der Waals surface area contributed by atoms with E-state index in [2.05, 4.69) is 20.0 Å². The second-order valence-corrected chi connectivity index (χ2v) is 6.72. The van der Waals surface area contributed by atoms with E-state index >= 15 is 0 Å². The number of ether oxygens (including phenoxy) is 2. The van der Waals surface area contributed by atoms with Crippen molar-refractivity contribution in [2.75, 3.05) is 11.9 Å². The maximum Gasteiger partial charge on any atom is 0.573 e. The van der Waals surface area contributed by atoms with Crippen LogP contribution < -0.4 is 20.3 Å². The summed E-state index contributed by atoms with van der Waals surface area (Å²) in [6.07, 6.45) is -4.83. The molecule has 0 fully saturated rings. The lowest BCUT2D eigenvalue weighted by Crippen LogP contribution is -2.21. The summed E-state index contributed by atoms with van der Waals surface area (Å²) in [5.41, 5.74) is -1.55. The molecule has 10 nitrogen and oxygen atoms in total. The molecule has 0 unspecified atom stereocenters. The van der Waals surface area contributed by atoms with Gasteiger partial charge < -0.3 is 30.0 Å². The van der Waals surface area contributed by atoms with Crippen LogP contribution in [0.5, 0.6) is 17.2 Å². The Balaban J connectivity index is 1.67. The molecule has 0 aliphatic heterocycles. The molecule has 4 N–H and O–H groups in total. The average Bonchev–Trinajstić information content (AvgIpc) is 3.16.